The highest BCUT2D eigenvalue weighted by atomic mass is 35.5. The number of anilines is 1. The Morgan fingerprint density at radius 2 is 1.47 bits per heavy atom. The van der Waals surface area contributed by atoms with Gasteiger partial charge in [0, 0.05) is 27.5 Å². The summed E-state index contributed by atoms with van der Waals surface area (Å²) in [6.45, 7) is 0. The summed E-state index contributed by atoms with van der Waals surface area (Å²) in [5.41, 5.74) is 6.28. The van der Waals surface area contributed by atoms with Crippen molar-refractivity contribution in [3.8, 4) is 11.3 Å². The molecule has 6 rings (SSSR count). The van der Waals surface area contributed by atoms with Gasteiger partial charge in [-0.2, -0.15) is 0 Å². The third kappa shape index (κ3) is 3.55. The van der Waals surface area contributed by atoms with Gasteiger partial charge in [-0.15, -0.1) is 0 Å². The van der Waals surface area contributed by atoms with E-state index in [4.69, 9.17) is 16.6 Å². The predicted octanol–water partition coefficient (Wildman–Crippen LogP) is 7.50. The predicted molar refractivity (Wildman–Crippen MR) is 139 cm³/mol. The number of fused-ring (bicyclic) bond motifs is 5. The summed E-state index contributed by atoms with van der Waals surface area (Å²) in [6, 6.07) is 33.9. The highest BCUT2D eigenvalue weighted by Crippen LogP contribution is 2.46. The Balaban J connectivity index is 1.58. The minimum Gasteiger partial charge on any atom is -0.306 e. The molecule has 0 saturated carbocycles. The zero-order valence-electron chi connectivity index (χ0n) is 18.3. The van der Waals surface area contributed by atoms with Crippen molar-refractivity contribution >= 4 is 34.1 Å². The molecule has 1 atom stereocenters. The molecule has 34 heavy (non-hydrogen) atoms. The Bertz CT molecular complexity index is 1530. The smallest absolute Gasteiger partial charge is 0.256 e. The Labute approximate surface area is 203 Å². The van der Waals surface area contributed by atoms with Crippen LogP contribution in [0.15, 0.2) is 103 Å². The molecule has 0 saturated heterocycles. The Kier molecular flexibility index (Phi) is 5.12. The van der Waals surface area contributed by atoms with Crippen molar-refractivity contribution in [2.45, 2.75) is 12.3 Å². The van der Waals surface area contributed by atoms with Crippen LogP contribution in [-0.4, -0.2) is 10.9 Å². The van der Waals surface area contributed by atoms with Crippen molar-refractivity contribution < 1.29 is 4.79 Å². The maximum absolute atomic E-state index is 13.0. The largest absolute Gasteiger partial charge is 0.306 e. The zero-order chi connectivity index (χ0) is 23.1. The van der Waals surface area contributed by atoms with Crippen molar-refractivity contribution in [3.63, 3.8) is 0 Å². The number of pyridine rings is 1. The Morgan fingerprint density at radius 3 is 2.26 bits per heavy atom. The second-order valence-electron chi connectivity index (χ2n) is 8.55. The first kappa shape index (κ1) is 20.6. The van der Waals surface area contributed by atoms with Crippen LogP contribution in [0.5, 0.6) is 0 Å². The molecule has 0 unspecified atom stereocenters. The molecule has 4 aromatic carbocycles. The summed E-state index contributed by atoms with van der Waals surface area (Å²) in [5, 5.41) is 5.84. The Hall–Kier alpha value is -3.95. The highest BCUT2D eigenvalue weighted by Gasteiger charge is 2.30. The molecule has 164 valence electrons. The van der Waals surface area contributed by atoms with E-state index in [9.17, 15) is 4.79 Å². The molecule has 0 aliphatic heterocycles. The fraction of sp³-hybridized carbons (Fsp3) is 0.0667. The van der Waals surface area contributed by atoms with Crippen LogP contribution >= 0.6 is 11.6 Å². The van der Waals surface area contributed by atoms with Gasteiger partial charge in [-0.05, 0) is 52.8 Å². The number of benzene rings is 4. The summed E-state index contributed by atoms with van der Waals surface area (Å²) < 4.78 is 0. The highest BCUT2D eigenvalue weighted by molar-refractivity contribution is 6.30. The summed E-state index contributed by atoms with van der Waals surface area (Å²) in [7, 11) is 0. The number of halogens is 1. The van der Waals surface area contributed by atoms with Crippen LogP contribution in [0.25, 0.3) is 22.0 Å². The maximum atomic E-state index is 13.0. The van der Waals surface area contributed by atoms with Gasteiger partial charge < -0.3 is 5.32 Å². The topological polar surface area (TPSA) is 42.0 Å². The molecule has 1 amide bonds. The van der Waals surface area contributed by atoms with E-state index < -0.39 is 0 Å². The van der Waals surface area contributed by atoms with Crippen molar-refractivity contribution in [3.05, 3.63) is 130 Å². The van der Waals surface area contributed by atoms with Gasteiger partial charge in [0.1, 0.15) is 5.82 Å². The van der Waals surface area contributed by atoms with E-state index in [2.05, 4.69) is 41.7 Å². The van der Waals surface area contributed by atoms with Gasteiger partial charge in [-0.25, -0.2) is 4.98 Å². The van der Waals surface area contributed by atoms with Gasteiger partial charge in [-0.1, -0.05) is 90.5 Å². The molecule has 3 nitrogen and oxygen atoms in total. The molecular weight excluding hydrogens is 440 g/mol. The van der Waals surface area contributed by atoms with E-state index in [1.165, 1.54) is 16.7 Å². The van der Waals surface area contributed by atoms with Crippen LogP contribution in [0, 0.1) is 0 Å². The molecule has 4 heteroatoms. The molecule has 1 heterocycles. The van der Waals surface area contributed by atoms with Crippen LogP contribution in [0.3, 0.4) is 0 Å². The number of carbonyl (C=O) groups is 1. The normalized spacial score (nSPS) is 14.3. The molecular formula is C30H21ClN2O. The van der Waals surface area contributed by atoms with Crippen LogP contribution in [0.2, 0.25) is 5.02 Å². The van der Waals surface area contributed by atoms with Gasteiger partial charge in [0.25, 0.3) is 5.91 Å². The number of hydrogen-bond donors (Lipinski definition) is 1. The molecule has 0 fully saturated rings. The van der Waals surface area contributed by atoms with Crippen molar-refractivity contribution in [1.82, 2.24) is 4.98 Å². The molecule has 0 radical (unpaired) electrons. The van der Waals surface area contributed by atoms with Crippen molar-refractivity contribution in [2.24, 2.45) is 0 Å². The maximum Gasteiger partial charge on any atom is 0.256 e. The van der Waals surface area contributed by atoms with Crippen LogP contribution < -0.4 is 5.32 Å². The average Bonchev–Trinajstić information content (AvgIpc) is 2.89. The van der Waals surface area contributed by atoms with Crippen LogP contribution in [0.1, 0.15) is 33.0 Å². The number of rotatable bonds is 3. The van der Waals surface area contributed by atoms with E-state index in [-0.39, 0.29) is 11.8 Å². The molecule has 5 aromatic rings. The quantitative estimate of drug-likeness (QED) is 0.303. The van der Waals surface area contributed by atoms with E-state index in [1.807, 2.05) is 66.7 Å². The van der Waals surface area contributed by atoms with Gasteiger partial charge in [0.05, 0.1) is 5.69 Å². The number of amides is 1. The van der Waals surface area contributed by atoms with Gasteiger partial charge in [-0.3, -0.25) is 4.79 Å². The summed E-state index contributed by atoms with van der Waals surface area (Å²) in [4.78, 5) is 18.1. The van der Waals surface area contributed by atoms with E-state index >= 15 is 0 Å². The lowest BCUT2D eigenvalue weighted by Crippen LogP contribution is -2.18. The fourth-order valence-electron chi connectivity index (χ4n) is 4.94. The second-order valence-corrected chi connectivity index (χ2v) is 8.99. The third-order valence-corrected chi connectivity index (χ3v) is 6.79. The van der Waals surface area contributed by atoms with Gasteiger partial charge in [0.2, 0.25) is 0 Å². The summed E-state index contributed by atoms with van der Waals surface area (Å²) in [6.07, 6.45) is 0.881. The first-order valence-corrected chi connectivity index (χ1v) is 11.7. The first-order chi connectivity index (χ1) is 16.7. The number of hydrogen-bond acceptors (Lipinski definition) is 2. The fourth-order valence-corrected chi connectivity index (χ4v) is 5.06. The number of aromatic nitrogens is 1. The lowest BCUT2D eigenvalue weighted by atomic mass is 9.76. The number of carbonyl (C=O) groups excluding carboxylic acids is 1. The van der Waals surface area contributed by atoms with E-state index in [0.29, 0.717) is 11.4 Å². The third-order valence-electron chi connectivity index (χ3n) is 6.54. The van der Waals surface area contributed by atoms with Crippen molar-refractivity contribution in [2.75, 3.05) is 5.32 Å². The SMILES string of the molecule is O=C(Nc1nc2c(c3ccccc13)[C@H](c1ccc(Cl)cc1)Cc1ccccc1-2)c1ccccc1. The molecule has 0 bridgehead atoms. The molecule has 1 aromatic heterocycles. The molecule has 0 spiro atoms. The van der Waals surface area contributed by atoms with Crippen molar-refractivity contribution in [1.29, 1.82) is 0 Å². The summed E-state index contributed by atoms with van der Waals surface area (Å²) >= 11 is 6.19. The monoisotopic (exact) mass is 460 g/mol. The van der Waals surface area contributed by atoms with E-state index in [1.54, 1.807) is 0 Å². The number of nitrogens with one attached hydrogen (secondary N) is 1. The average molecular weight is 461 g/mol. The summed E-state index contributed by atoms with van der Waals surface area (Å²) in [5.74, 6) is 0.546. The standard InChI is InChI=1S/C30H21ClN2O/c31-22-16-14-19(15-17-22)26-18-21-10-4-5-11-23(21)28-27(26)24-12-6-7-13-25(24)29(32-28)33-30(34)20-8-2-1-3-9-20/h1-17,26H,18H2,(H,32,33,34)/t26-/m0/s1. The first-order valence-electron chi connectivity index (χ1n) is 11.3. The lowest BCUT2D eigenvalue weighted by Gasteiger charge is -2.30. The lowest BCUT2D eigenvalue weighted by molar-refractivity contribution is 0.102. The zero-order valence-corrected chi connectivity index (χ0v) is 19.1. The molecule has 1 aliphatic carbocycles. The van der Waals surface area contributed by atoms with Crippen LogP contribution in [-0.2, 0) is 6.42 Å². The van der Waals surface area contributed by atoms with Gasteiger partial charge in [0.15, 0.2) is 0 Å². The number of nitrogens with zero attached hydrogens (tertiary/aromatic N) is 1. The van der Waals surface area contributed by atoms with Gasteiger partial charge >= 0.3 is 0 Å². The minimum atomic E-state index is -0.170. The van der Waals surface area contributed by atoms with E-state index in [0.717, 1.165) is 33.5 Å². The minimum absolute atomic E-state index is 0.137. The second kappa shape index (κ2) is 8.44. The Morgan fingerprint density at radius 1 is 0.794 bits per heavy atom. The molecule has 1 N–H and O–H groups in total. The molecule has 1 aliphatic rings. The van der Waals surface area contributed by atoms with Crippen LogP contribution in [0.4, 0.5) is 5.82 Å².